The third-order valence-corrected chi connectivity index (χ3v) is 4.31. The first-order chi connectivity index (χ1) is 11.6. The van der Waals surface area contributed by atoms with Gasteiger partial charge in [-0.3, -0.25) is 0 Å². The van der Waals surface area contributed by atoms with Crippen molar-refractivity contribution in [3.8, 4) is 11.5 Å². The average molecular weight is 347 g/mol. The number of carbonyl (C=O) groups is 1. The normalized spacial score (nSPS) is 11.3. The Morgan fingerprint density at radius 2 is 2.04 bits per heavy atom. The summed E-state index contributed by atoms with van der Waals surface area (Å²) >= 11 is 1.52. The van der Waals surface area contributed by atoms with E-state index < -0.39 is 5.97 Å². The van der Waals surface area contributed by atoms with Crippen LogP contribution in [0.4, 0.5) is 0 Å². The first-order valence-corrected chi connectivity index (χ1v) is 8.41. The molecule has 0 atom stereocenters. The number of carboxylic acid groups (broad SMARTS) is 1. The summed E-state index contributed by atoms with van der Waals surface area (Å²) in [6, 6.07) is 9.58. The van der Waals surface area contributed by atoms with Crippen LogP contribution >= 0.6 is 11.3 Å². The predicted molar refractivity (Wildman–Crippen MR) is 96.1 cm³/mol. The molecule has 0 aliphatic rings. The molecule has 24 heavy (non-hydrogen) atoms. The van der Waals surface area contributed by atoms with E-state index in [1.165, 1.54) is 11.3 Å². The van der Waals surface area contributed by atoms with E-state index in [-0.39, 0.29) is 0 Å². The molecule has 0 bridgehead atoms. The smallest absolute Gasteiger partial charge is 0.332 e. The molecule has 1 heterocycles. The van der Waals surface area contributed by atoms with Crippen LogP contribution in [0.2, 0.25) is 0 Å². The van der Waals surface area contributed by atoms with E-state index in [2.05, 4.69) is 5.32 Å². The summed E-state index contributed by atoms with van der Waals surface area (Å²) in [5.74, 6) is 0.488. The minimum Gasteiger partial charge on any atom is -0.493 e. The fourth-order valence-corrected chi connectivity index (χ4v) is 2.91. The number of aliphatic carboxylic acids is 1. The molecule has 0 unspecified atom stereocenters. The Morgan fingerprint density at radius 1 is 1.25 bits per heavy atom. The lowest BCUT2D eigenvalue weighted by atomic mass is 10.1. The molecule has 0 saturated carbocycles. The van der Waals surface area contributed by atoms with Gasteiger partial charge in [0, 0.05) is 11.4 Å². The van der Waals surface area contributed by atoms with Gasteiger partial charge in [0.2, 0.25) is 0 Å². The fraction of sp³-hybridized carbons (Fsp3) is 0.278. The van der Waals surface area contributed by atoms with E-state index in [4.69, 9.17) is 9.47 Å². The lowest BCUT2D eigenvalue weighted by molar-refractivity contribution is -0.132. The minimum absolute atomic E-state index is 0.320. The van der Waals surface area contributed by atoms with Crippen LogP contribution in [0.3, 0.4) is 0 Å². The fourth-order valence-electron chi connectivity index (χ4n) is 2.23. The van der Waals surface area contributed by atoms with Gasteiger partial charge in [-0.15, -0.1) is 11.3 Å². The van der Waals surface area contributed by atoms with Gasteiger partial charge in [0.25, 0.3) is 0 Å². The number of nitrogens with one attached hydrogen (secondary N) is 1. The lowest BCUT2D eigenvalue weighted by Gasteiger charge is -2.10. The molecule has 0 spiro atoms. The van der Waals surface area contributed by atoms with E-state index in [1.807, 2.05) is 35.7 Å². The van der Waals surface area contributed by atoms with Crippen LogP contribution in [0.15, 0.2) is 41.3 Å². The van der Waals surface area contributed by atoms with Gasteiger partial charge in [0.1, 0.15) is 0 Å². The summed E-state index contributed by atoms with van der Waals surface area (Å²) < 4.78 is 10.5. The number of methoxy groups -OCH3 is 2. The molecule has 2 aromatic rings. The number of benzene rings is 1. The van der Waals surface area contributed by atoms with Crippen molar-refractivity contribution in [1.82, 2.24) is 5.32 Å². The molecule has 0 amide bonds. The van der Waals surface area contributed by atoms with Crippen LogP contribution < -0.4 is 14.8 Å². The Morgan fingerprint density at radius 3 is 2.67 bits per heavy atom. The summed E-state index contributed by atoms with van der Waals surface area (Å²) in [7, 11) is 3.21. The van der Waals surface area contributed by atoms with Crippen molar-refractivity contribution in [2.45, 2.75) is 6.42 Å². The molecule has 0 aliphatic carbocycles. The van der Waals surface area contributed by atoms with Crippen LogP contribution in [0, 0.1) is 0 Å². The maximum absolute atomic E-state index is 11.3. The summed E-state index contributed by atoms with van der Waals surface area (Å²) in [6.45, 7) is 0.991. The Bertz CT molecular complexity index is 695. The molecule has 0 saturated heterocycles. The Kier molecular flexibility index (Phi) is 6.84. The van der Waals surface area contributed by atoms with Crippen LogP contribution in [0.1, 0.15) is 10.4 Å². The van der Waals surface area contributed by atoms with E-state index in [0.717, 1.165) is 16.9 Å². The van der Waals surface area contributed by atoms with Crippen molar-refractivity contribution in [3.05, 3.63) is 51.7 Å². The van der Waals surface area contributed by atoms with Gasteiger partial charge in [-0.05, 0) is 48.2 Å². The third-order valence-electron chi connectivity index (χ3n) is 3.49. The van der Waals surface area contributed by atoms with Crippen LogP contribution in [0.25, 0.3) is 6.08 Å². The lowest BCUT2D eigenvalue weighted by Crippen LogP contribution is -2.23. The van der Waals surface area contributed by atoms with Crippen molar-refractivity contribution in [1.29, 1.82) is 0 Å². The standard InChI is InChI=1S/C18H21NO4S/c1-22-16-6-5-13(10-17(16)23-2)7-8-19-12-14(18(20)21)11-15-4-3-9-24-15/h3-6,9-11,19H,7-8,12H2,1-2H3,(H,20,21)/b14-11+. The summed E-state index contributed by atoms with van der Waals surface area (Å²) in [5, 5.41) is 14.4. The van der Waals surface area contributed by atoms with E-state index in [9.17, 15) is 9.90 Å². The molecule has 0 aliphatic heterocycles. The molecule has 2 N–H and O–H groups in total. The number of ether oxygens (including phenoxy) is 2. The monoisotopic (exact) mass is 347 g/mol. The molecular formula is C18H21NO4S. The largest absolute Gasteiger partial charge is 0.493 e. The van der Waals surface area contributed by atoms with Gasteiger partial charge < -0.3 is 19.9 Å². The zero-order chi connectivity index (χ0) is 17.4. The topological polar surface area (TPSA) is 67.8 Å². The van der Waals surface area contributed by atoms with Gasteiger partial charge in [-0.2, -0.15) is 0 Å². The van der Waals surface area contributed by atoms with Crippen molar-refractivity contribution in [2.24, 2.45) is 0 Å². The zero-order valence-electron chi connectivity index (χ0n) is 13.7. The average Bonchev–Trinajstić information content (AvgIpc) is 3.10. The Labute approximate surface area is 145 Å². The molecule has 0 fully saturated rings. The molecule has 128 valence electrons. The summed E-state index contributed by atoms with van der Waals surface area (Å²) in [4.78, 5) is 12.2. The van der Waals surface area contributed by atoms with Crippen molar-refractivity contribution >= 4 is 23.4 Å². The third kappa shape index (κ3) is 5.11. The number of rotatable bonds is 9. The highest BCUT2D eigenvalue weighted by Gasteiger charge is 2.08. The minimum atomic E-state index is -0.901. The molecule has 1 aromatic carbocycles. The molecule has 0 radical (unpaired) electrons. The maximum Gasteiger partial charge on any atom is 0.332 e. The van der Waals surface area contributed by atoms with Crippen molar-refractivity contribution < 1.29 is 19.4 Å². The van der Waals surface area contributed by atoms with Gasteiger partial charge in [-0.25, -0.2) is 4.79 Å². The number of hydrogen-bond acceptors (Lipinski definition) is 5. The van der Waals surface area contributed by atoms with Crippen molar-refractivity contribution in [2.75, 3.05) is 27.3 Å². The van der Waals surface area contributed by atoms with Gasteiger partial charge in [-0.1, -0.05) is 12.1 Å². The maximum atomic E-state index is 11.3. The molecular weight excluding hydrogens is 326 g/mol. The highest BCUT2D eigenvalue weighted by Crippen LogP contribution is 2.27. The first-order valence-electron chi connectivity index (χ1n) is 7.53. The van der Waals surface area contributed by atoms with Gasteiger partial charge in [0.15, 0.2) is 11.5 Å². The predicted octanol–water partition coefficient (Wildman–Crippen LogP) is 3.07. The summed E-state index contributed by atoms with van der Waals surface area (Å²) in [6.07, 6.45) is 2.47. The van der Waals surface area contributed by atoms with E-state index >= 15 is 0 Å². The second-order valence-corrected chi connectivity index (χ2v) is 6.09. The number of thiophene rings is 1. The van der Waals surface area contributed by atoms with Crippen LogP contribution in [-0.2, 0) is 11.2 Å². The van der Waals surface area contributed by atoms with Crippen LogP contribution in [-0.4, -0.2) is 38.4 Å². The van der Waals surface area contributed by atoms with E-state index in [0.29, 0.717) is 30.2 Å². The second-order valence-electron chi connectivity index (χ2n) is 5.11. The zero-order valence-corrected chi connectivity index (χ0v) is 14.6. The second kappa shape index (κ2) is 9.10. The highest BCUT2D eigenvalue weighted by molar-refractivity contribution is 7.10. The first kappa shape index (κ1) is 18.0. The Balaban J connectivity index is 1.88. The molecule has 6 heteroatoms. The van der Waals surface area contributed by atoms with Gasteiger partial charge >= 0.3 is 5.97 Å². The molecule has 5 nitrogen and oxygen atoms in total. The highest BCUT2D eigenvalue weighted by atomic mass is 32.1. The summed E-state index contributed by atoms with van der Waals surface area (Å²) in [5.41, 5.74) is 1.45. The van der Waals surface area contributed by atoms with E-state index in [1.54, 1.807) is 20.3 Å². The van der Waals surface area contributed by atoms with Crippen LogP contribution in [0.5, 0.6) is 11.5 Å². The van der Waals surface area contributed by atoms with Gasteiger partial charge in [0.05, 0.1) is 19.8 Å². The quantitative estimate of drug-likeness (QED) is 0.539. The molecule has 1 aromatic heterocycles. The number of hydrogen-bond donors (Lipinski definition) is 2. The van der Waals surface area contributed by atoms with Crippen molar-refractivity contribution in [3.63, 3.8) is 0 Å². The Hall–Kier alpha value is -2.31. The molecule has 2 rings (SSSR count). The number of carboxylic acids is 1. The SMILES string of the molecule is COc1ccc(CCNC/C(=C\c2cccs2)C(=O)O)cc1OC.